The lowest BCUT2D eigenvalue weighted by molar-refractivity contribution is -0.131. The van der Waals surface area contributed by atoms with Crippen molar-refractivity contribution < 1.29 is 4.79 Å². The lowest BCUT2D eigenvalue weighted by Crippen LogP contribution is -2.38. The third kappa shape index (κ3) is 3.31. The number of amides is 1. The van der Waals surface area contributed by atoms with E-state index in [0.717, 1.165) is 25.1 Å². The van der Waals surface area contributed by atoms with E-state index >= 15 is 0 Å². The van der Waals surface area contributed by atoms with Gasteiger partial charge in [-0.05, 0) is 38.6 Å². The number of aromatic nitrogens is 2. The van der Waals surface area contributed by atoms with Crippen molar-refractivity contribution >= 4 is 16.8 Å². The number of benzene rings is 1. The van der Waals surface area contributed by atoms with Gasteiger partial charge in [0.05, 0.1) is 17.2 Å². The van der Waals surface area contributed by atoms with E-state index in [0.29, 0.717) is 22.9 Å². The van der Waals surface area contributed by atoms with E-state index in [1.165, 1.54) is 10.9 Å². The number of likely N-dealkylation sites (N-methyl/N-ethyl adjacent to an activating group) is 1. The van der Waals surface area contributed by atoms with E-state index < -0.39 is 0 Å². The molecule has 6 nitrogen and oxygen atoms in total. The van der Waals surface area contributed by atoms with Gasteiger partial charge in [0, 0.05) is 19.1 Å². The van der Waals surface area contributed by atoms with Crippen LogP contribution in [0.3, 0.4) is 0 Å². The van der Waals surface area contributed by atoms with Gasteiger partial charge in [0.15, 0.2) is 0 Å². The van der Waals surface area contributed by atoms with E-state index in [2.05, 4.69) is 30.9 Å². The second-order valence-corrected chi connectivity index (χ2v) is 7.15. The Bertz CT molecular complexity index is 843. The van der Waals surface area contributed by atoms with E-state index in [1.807, 2.05) is 24.0 Å². The average Bonchev–Trinajstić information content (AvgIpc) is 3.03. The highest BCUT2D eigenvalue weighted by Crippen LogP contribution is 2.23. The zero-order valence-corrected chi connectivity index (χ0v) is 15.4. The maximum Gasteiger partial charge on any atom is 0.261 e. The number of carbonyl (C=O) groups excluding carboxylic acids is 1. The van der Waals surface area contributed by atoms with Gasteiger partial charge in [-0.3, -0.25) is 14.2 Å². The average molecular weight is 342 g/mol. The molecule has 0 bridgehead atoms. The topological polar surface area (TPSA) is 58.4 Å². The zero-order valence-electron chi connectivity index (χ0n) is 15.4. The summed E-state index contributed by atoms with van der Waals surface area (Å²) in [5, 5.41) is 0.564. The quantitative estimate of drug-likeness (QED) is 0.845. The minimum absolute atomic E-state index is 0.0151. The molecular formula is C19H26N4O2. The number of nitrogens with zero attached hydrogens (tertiary/aromatic N) is 4. The molecule has 0 N–H and O–H groups in total. The molecule has 1 amide bonds. The van der Waals surface area contributed by atoms with Crippen molar-refractivity contribution in [2.24, 2.45) is 5.92 Å². The van der Waals surface area contributed by atoms with Crippen molar-refractivity contribution in [3.8, 4) is 0 Å². The van der Waals surface area contributed by atoms with E-state index in [9.17, 15) is 9.59 Å². The maximum absolute atomic E-state index is 12.7. The van der Waals surface area contributed by atoms with Crippen molar-refractivity contribution in [1.82, 2.24) is 19.4 Å². The van der Waals surface area contributed by atoms with E-state index in [4.69, 9.17) is 0 Å². The van der Waals surface area contributed by atoms with Crippen LogP contribution in [0, 0.1) is 12.8 Å². The first-order valence-electron chi connectivity index (χ1n) is 8.81. The Morgan fingerprint density at radius 2 is 2.08 bits per heavy atom. The standard InChI is InChI=1S/C19H26N4O2/c1-5-14-9-22(10-16(14)21(3)4)17(24)11-23-12-20-18-13(2)7-6-8-15(18)19(23)25/h6-8,12,14,16H,5,9-11H2,1-4H3/t14-,16+/m1/s1. The number of carbonyl (C=O) groups is 1. The molecule has 1 saturated heterocycles. The molecule has 0 saturated carbocycles. The molecule has 6 heteroatoms. The highest BCUT2D eigenvalue weighted by atomic mass is 16.2. The molecule has 134 valence electrons. The third-order valence-corrected chi connectivity index (χ3v) is 5.31. The van der Waals surface area contributed by atoms with Gasteiger partial charge in [0.2, 0.25) is 5.91 Å². The minimum atomic E-state index is -0.155. The summed E-state index contributed by atoms with van der Waals surface area (Å²) in [7, 11) is 4.11. The van der Waals surface area contributed by atoms with Gasteiger partial charge in [-0.25, -0.2) is 4.98 Å². The number of para-hydroxylation sites is 1. The van der Waals surface area contributed by atoms with Crippen molar-refractivity contribution in [3.63, 3.8) is 0 Å². The Balaban J connectivity index is 1.81. The summed E-state index contributed by atoms with van der Waals surface area (Å²) in [5.74, 6) is 0.465. The Morgan fingerprint density at radius 3 is 2.72 bits per heavy atom. The van der Waals surface area contributed by atoms with Gasteiger partial charge in [-0.2, -0.15) is 0 Å². The SMILES string of the molecule is CC[C@@H]1CN(C(=O)Cn2cnc3c(C)cccc3c2=O)C[C@@H]1N(C)C. The molecule has 1 aliphatic rings. The summed E-state index contributed by atoms with van der Waals surface area (Å²) in [6.07, 6.45) is 2.54. The first-order valence-corrected chi connectivity index (χ1v) is 8.81. The van der Waals surface area contributed by atoms with Crippen LogP contribution in [0.4, 0.5) is 0 Å². The predicted molar refractivity (Wildman–Crippen MR) is 98.6 cm³/mol. The van der Waals surface area contributed by atoms with Crippen LogP contribution in [0.2, 0.25) is 0 Å². The lowest BCUT2D eigenvalue weighted by atomic mass is 10.0. The lowest BCUT2D eigenvalue weighted by Gasteiger charge is -2.23. The van der Waals surface area contributed by atoms with Crippen LogP contribution in [0.15, 0.2) is 29.3 Å². The molecule has 1 aromatic carbocycles. The molecule has 2 heterocycles. The first kappa shape index (κ1) is 17.6. The minimum Gasteiger partial charge on any atom is -0.339 e. The van der Waals surface area contributed by atoms with Crippen LogP contribution in [-0.2, 0) is 11.3 Å². The summed E-state index contributed by atoms with van der Waals surface area (Å²) in [6, 6.07) is 5.92. The van der Waals surface area contributed by atoms with Crippen LogP contribution >= 0.6 is 0 Å². The fourth-order valence-corrected chi connectivity index (χ4v) is 3.74. The summed E-state index contributed by atoms with van der Waals surface area (Å²) in [4.78, 5) is 33.8. The van der Waals surface area contributed by atoms with Gasteiger partial charge < -0.3 is 9.80 Å². The molecule has 2 aromatic rings. The van der Waals surface area contributed by atoms with Crippen LogP contribution in [-0.4, -0.2) is 58.5 Å². The molecule has 25 heavy (non-hydrogen) atoms. The monoisotopic (exact) mass is 342 g/mol. The molecule has 1 aliphatic heterocycles. The zero-order chi connectivity index (χ0) is 18.1. The molecule has 3 rings (SSSR count). The Kier molecular flexibility index (Phi) is 4.90. The Hall–Kier alpha value is -2.21. The van der Waals surface area contributed by atoms with Crippen molar-refractivity contribution in [2.75, 3.05) is 27.2 Å². The highest BCUT2D eigenvalue weighted by Gasteiger charge is 2.35. The summed E-state index contributed by atoms with van der Waals surface area (Å²) in [6.45, 7) is 5.62. The van der Waals surface area contributed by atoms with Gasteiger partial charge >= 0.3 is 0 Å². The van der Waals surface area contributed by atoms with Crippen LogP contribution < -0.4 is 5.56 Å². The number of rotatable bonds is 4. The van der Waals surface area contributed by atoms with Gasteiger partial charge in [0.25, 0.3) is 5.56 Å². The van der Waals surface area contributed by atoms with Gasteiger partial charge in [-0.15, -0.1) is 0 Å². The molecular weight excluding hydrogens is 316 g/mol. The molecule has 1 fully saturated rings. The fourth-order valence-electron chi connectivity index (χ4n) is 3.74. The van der Waals surface area contributed by atoms with Crippen LogP contribution in [0.1, 0.15) is 18.9 Å². The van der Waals surface area contributed by atoms with Gasteiger partial charge in [-0.1, -0.05) is 25.5 Å². The molecule has 0 radical (unpaired) electrons. The fraction of sp³-hybridized carbons (Fsp3) is 0.526. The maximum atomic E-state index is 12.7. The summed E-state index contributed by atoms with van der Waals surface area (Å²) >= 11 is 0. The van der Waals surface area contributed by atoms with Crippen molar-refractivity contribution in [3.05, 3.63) is 40.4 Å². The number of hydrogen-bond donors (Lipinski definition) is 0. The third-order valence-electron chi connectivity index (χ3n) is 5.31. The molecule has 0 aliphatic carbocycles. The van der Waals surface area contributed by atoms with Gasteiger partial charge in [0.1, 0.15) is 6.54 Å². The number of likely N-dealkylation sites (tertiary alicyclic amines) is 1. The first-order chi connectivity index (χ1) is 11.9. The van der Waals surface area contributed by atoms with Crippen molar-refractivity contribution in [1.29, 1.82) is 0 Å². The summed E-state index contributed by atoms with van der Waals surface area (Å²) < 4.78 is 1.42. The number of hydrogen-bond acceptors (Lipinski definition) is 4. The molecule has 1 aromatic heterocycles. The second-order valence-electron chi connectivity index (χ2n) is 7.15. The second kappa shape index (κ2) is 6.96. The van der Waals surface area contributed by atoms with Crippen LogP contribution in [0.5, 0.6) is 0 Å². The number of fused-ring (bicyclic) bond motifs is 1. The van der Waals surface area contributed by atoms with E-state index in [1.54, 1.807) is 6.07 Å². The number of aryl methyl sites for hydroxylation is 1. The molecule has 2 atom stereocenters. The van der Waals surface area contributed by atoms with E-state index in [-0.39, 0.29) is 18.0 Å². The normalized spacial score (nSPS) is 20.6. The molecule has 0 spiro atoms. The van der Waals surface area contributed by atoms with Crippen molar-refractivity contribution in [2.45, 2.75) is 32.9 Å². The molecule has 0 unspecified atom stereocenters. The van der Waals surface area contributed by atoms with Crippen LogP contribution in [0.25, 0.3) is 10.9 Å². The predicted octanol–water partition coefficient (Wildman–Crippen LogP) is 1.50. The summed E-state index contributed by atoms with van der Waals surface area (Å²) in [5.41, 5.74) is 1.51. The smallest absolute Gasteiger partial charge is 0.261 e. The Labute approximate surface area is 148 Å². The largest absolute Gasteiger partial charge is 0.339 e. The highest BCUT2D eigenvalue weighted by molar-refractivity contribution is 5.81. The Morgan fingerprint density at radius 1 is 1.32 bits per heavy atom.